The van der Waals surface area contributed by atoms with Crippen LogP contribution in [0.5, 0.6) is 0 Å². The third-order valence-electron chi connectivity index (χ3n) is 4.28. The quantitative estimate of drug-likeness (QED) is 0.846. The summed E-state index contributed by atoms with van der Waals surface area (Å²) in [5.41, 5.74) is 3.40. The molecule has 2 atom stereocenters. The standard InChI is InChI=1S/C20H21NO2S/c1-14-8-10-17(11-9-14)20(16-6-4-3-5-7-16)21-13-18(12-19(21)23)24-15(2)22/h3-11,18,20H,12-13H2,1-2H3. The molecule has 1 saturated heterocycles. The first-order chi connectivity index (χ1) is 11.5. The Balaban J connectivity index is 1.95. The molecule has 124 valence electrons. The second kappa shape index (κ2) is 7.22. The average Bonchev–Trinajstić information content (AvgIpc) is 2.90. The molecule has 2 aromatic carbocycles. The van der Waals surface area contributed by atoms with Crippen molar-refractivity contribution in [3.05, 3.63) is 71.3 Å². The van der Waals surface area contributed by atoms with E-state index in [1.54, 1.807) is 6.92 Å². The number of carbonyl (C=O) groups is 2. The van der Waals surface area contributed by atoms with Crippen LogP contribution in [0.3, 0.4) is 0 Å². The summed E-state index contributed by atoms with van der Waals surface area (Å²) in [6.07, 6.45) is 0.430. The summed E-state index contributed by atoms with van der Waals surface area (Å²) >= 11 is 1.28. The van der Waals surface area contributed by atoms with Gasteiger partial charge in [-0.3, -0.25) is 9.59 Å². The fraction of sp³-hybridized carbons (Fsp3) is 0.300. The third kappa shape index (κ3) is 3.70. The number of nitrogens with zero attached hydrogens (tertiary/aromatic N) is 1. The van der Waals surface area contributed by atoms with Gasteiger partial charge in [0.2, 0.25) is 5.91 Å². The molecule has 3 nitrogen and oxygen atoms in total. The first kappa shape index (κ1) is 16.8. The summed E-state index contributed by atoms with van der Waals surface area (Å²) in [5, 5.41) is 0.118. The van der Waals surface area contributed by atoms with E-state index in [1.165, 1.54) is 17.3 Å². The van der Waals surface area contributed by atoms with E-state index >= 15 is 0 Å². The molecule has 3 rings (SSSR count). The molecule has 0 aromatic heterocycles. The van der Waals surface area contributed by atoms with E-state index in [0.717, 1.165) is 11.1 Å². The average molecular weight is 339 g/mol. The molecule has 1 heterocycles. The minimum absolute atomic E-state index is 0.0478. The second-order valence-electron chi connectivity index (χ2n) is 6.21. The van der Waals surface area contributed by atoms with Crippen LogP contribution in [0.4, 0.5) is 0 Å². The summed E-state index contributed by atoms with van der Waals surface area (Å²) in [7, 11) is 0. The van der Waals surface area contributed by atoms with Gasteiger partial charge in [-0.15, -0.1) is 0 Å². The maximum absolute atomic E-state index is 12.6. The number of hydrogen-bond donors (Lipinski definition) is 0. The molecule has 2 unspecified atom stereocenters. The summed E-state index contributed by atoms with van der Waals surface area (Å²) in [6.45, 7) is 4.23. The number of likely N-dealkylation sites (tertiary alicyclic amines) is 1. The van der Waals surface area contributed by atoms with Crippen molar-refractivity contribution in [2.45, 2.75) is 31.6 Å². The number of thioether (sulfide) groups is 1. The van der Waals surface area contributed by atoms with Gasteiger partial charge in [0, 0.05) is 25.1 Å². The van der Waals surface area contributed by atoms with Gasteiger partial charge in [0.05, 0.1) is 6.04 Å². The predicted molar refractivity (Wildman–Crippen MR) is 97.9 cm³/mol. The van der Waals surface area contributed by atoms with Crippen LogP contribution in [0.2, 0.25) is 0 Å². The van der Waals surface area contributed by atoms with Gasteiger partial charge in [-0.1, -0.05) is 71.9 Å². The minimum atomic E-state index is -0.100. The van der Waals surface area contributed by atoms with Crippen molar-refractivity contribution in [3.63, 3.8) is 0 Å². The van der Waals surface area contributed by atoms with Gasteiger partial charge >= 0.3 is 0 Å². The van der Waals surface area contributed by atoms with Crippen LogP contribution < -0.4 is 0 Å². The van der Waals surface area contributed by atoms with E-state index in [0.29, 0.717) is 13.0 Å². The summed E-state index contributed by atoms with van der Waals surface area (Å²) < 4.78 is 0. The maximum Gasteiger partial charge on any atom is 0.224 e. The molecule has 0 N–H and O–H groups in total. The first-order valence-corrected chi connectivity index (χ1v) is 9.01. The normalized spacial score (nSPS) is 18.7. The summed E-state index contributed by atoms with van der Waals surface area (Å²) in [4.78, 5) is 25.9. The highest BCUT2D eigenvalue weighted by Crippen LogP contribution is 2.35. The highest BCUT2D eigenvalue weighted by Gasteiger charge is 2.36. The number of hydrogen-bond acceptors (Lipinski definition) is 3. The topological polar surface area (TPSA) is 37.4 Å². The number of benzene rings is 2. The van der Waals surface area contributed by atoms with E-state index in [4.69, 9.17) is 0 Å². The van der Waals surface area contributed by atoms with E-state index < -0.39 is 0 Å². The molecular weight excluding hydrogens is 318 g/mol. The molecule has 0 bridgehead atoms. The maximum atomic E-state index is 12.6. The monoisotopic (exact) mass is 339 g/mol. The summed E-state index contributed by atoms with van der Waals surface area (Å²) in [6, 6.07) is 18.3. The Bertz CT molecular complexity index is 727. The number of rotatable bonds is 4. The Morgan fingerprint density at radius 3 is 2.33 bits per heavy atom. The Hall–Kier alpha value is -2.07. The van der Waals surface area contributed by atoms with Crippen molar-refractivity contribution in [3.8, 4) is 0 Å². The van der Waals surface area contributed by atoms with Crippen molar-refractivity contribution in [1.29, 1.82) is 0 Å². The highest BCUT2D eigenvalue weighted by atomic mass is 32.2. The largest absolute Gasteiger partial charge is 0.330 e. The molecule has 0 aliphatic carbocycles. The molecule has 1 aliphatic heterocycles. The lowest BCUT2D eigenvalue weighted by Gasteiger charge is -2.29. The van der Waals surface area contributed by atoms with Crippen molar-refractivity contribution in [2.75, 3.05) is 6.54 Å². The Morgan fingerprint density at radius 2 is 1.71 bits per heavy atom. The lowest BCUT2D eigenvalue weighted by atomic mass is 9.96. The van der Waals surface area contributed by atoms with E-state index in [2.05, 4.69) is 43.3 Å². The summed E-state index contributed by atoms with van der Waals surface area (Å²) in [5.74, 6) is 0.114. The van der Waals surface area contributed by atoms with Gasteiger partial charge in [-0.25, -0.2) is 0 Å². The Labute approximate surface area is 147 Å². The molecule has 2 aromatic rings. The van der Waals surface area contributed by atoms with Crippen LogP contribution in [0.1, 0.15) is 36.1 Å². The van der Waals surface area contributed by atoms with Gasteiger partial charge in [0.15, 0.2) is 5.12 Å². The molecule has 0 radical (unpaired) electrons. The Kier molecular flexibility index (Phi) is 5.05. The second-order valence-corrected chi connectivity index (χ2v) is 7.68. The van der Waals surface area contributed by atoms with Gasteiger partial charge in [-0.05, 0) is 18.1 Å². The van der Waals surface area contributed by atoms with Crippen LogP contribution in [0.25, 0.3) is 0 Å². The number of amides is 1. The van der Waals surface area contributed by atoms with Crippen LogP contribution in [-0.2, 0) is 9.59 Å². The fourth-order valence-corrected chi connectivity index (χ4v) is 4.13. The van der Waals surface area contributed by atoms with E-state index in [-0.39, 0.29) is 22.3 Å². The van der Waals surface area contributed by atoms with Crippen LogP contribution >= 0.6 is 11.8 Å². The third-order valence-corrected chi connectivity index (χ3v) is 5.26. The van der Waals surface area contributed by atoms with Gasteiger partial charge in [-0.2, -0.15) is 0 Å². The van der Waals surface area contributed by atoms with Crippen molar-refractivity contribution in [2.24, 2.45) is 0 Å². The Morgan fingerprint density at radius 1 is 1.08 bits per heavy atom. The molecule has 0 saturated carbocycles. The first-order valence-electron chi connectivity index (χ1n) is 8.13. The molecule has 4 heteroatoms. The minimum Gasteiger partial charge on any atom is -0.330 e. The van der Waals surface area contributed by atoms with E-state index in [1.807, 2.05) is 23.1 Å². The molecule has 24 heavy (non-hydrogen) atoms. The molecule has 1 aliphatic rings. The molecule has 0 spiro atoms. The fourth-order valence-electron chi connectivity index (χ4n) is 3.20. The van der Waals surface area contributed by atoms with Crippen molar-refractivity contribution >= 4 is 22.8 Å². The smallest absolute Gasteiger partial charge is 0.224 e. The number of carbonyl (C=O) groups excluding carboxylic acids is 2. The highest BCUT2D eigenvalue weighted by molar-refractivity contribution is 8.14. The SMILES string of the molecule is CC(=O)SC1CC(=O)N(C(c2ccccc2)c2ccc(C)cc2)C1. The van der Waals surface area contributed by atoms with Crippen LogP contribution in [-0.4, -0.2) is 27.7 Å². The van der Waals surface area contributed by atoms with Gasteiger partial charge < -0.3 is 4.90 Å². The zero-order valence-electron chi connectivity index (χ0n) is 13.9. The molecular formula is C20H21NO2S. The van der Waals surface area contributed by atoms with Gasteiger partial charge in [0.25, 0.3) is 0 Å². The lowest BCUT2D eigenvalue weighted by Crippen LogP contribution is -2.31. The van der Waals surface area contributed by atoms with Gasteiger partial charge in [0.1, 0.15) is 0 Å². The molecule has 1 amide bonds. The zero-order valence-corrected chi connectivity index (χ0v) is 14.8. The van der Waals surface area contributed by atoms with E-state index in [9.17, 15) is 9.59 Å². The predicted octanol–water partition coefficient (Wildman–Crippen LogP) is 3.97. The lowest BCUT2D eigenvalue weighted by molar-refractivity contribution is -0.129. The van der Waals surface area contributed by atoms with Crippen molar-refractivity contribution in [1.82, 2.24) is 4.90 Å². The van der Waals surface area contributed by atoms with Crippen LogP contribution in [0, 0.1) is 6.92 Å². The van der Waals surface area contributed by atoms with Crippen molar-refractivity contribution < 1.29 is 9.59 Å². The zero-order chi connectivity index (χ0) is 17.1. The van der Waals surface area contributed by atoms with Crippen LogP contribution in [0.15, 0.2) is 54.6 Å². The molecule has 1 fully saturated rings. The number of aryl methyl sites for hydroxylation is 1.